The predicted octanol–water partition coefficient (Wildman–Crippen LogP) is 4.82. The maximum absolute atomic E-state index is 12.6. The third-order valence-electron chi connectivity index (χ3n) is 6.15. The minimum Gasteiger partial charge on any atom is -0.497 e. The Labute approximate surface area is 198 Å². The first-order valence-electron chi connectivity index (χ1n) is 11.0. The van der Waals surface area contributed by atoms with Crippen LogP contribution in [0, 0.1) is 5.92 Å². The number of aromatic nitrogens is 3. The number of ether oxygens (including phenoxy) is 1. The Hall–Kier alpha value is -2.32. The molecule has 1 unspecified atom stereocenters. The van der Waals surface area contributed by atoms with E-state index in [1.807, 2.05) is 54.3 Å². The van der Waals surface area contributed by atoms with Crippen molar-refractivity contribution in [2.75, 3.05) is 19.9 Å². The molecule has 0 spiro atoms. The summed E-state index contributed by atoms with van der Waals surface area (Å²) in [6, 6.07) is 10.1. The molecule has 1 aromatic carbocycles. The molecule has 3 aromatic rings. The van der Waals surface area contributed by atoms with Crippen LogP contribution in [0.1, 0.15) is 35.8 Å². The lowest BCUT2D eigenvalue weighted by Gasteiger charge is -2.19. The lowest BCUT2D eigenvalue weighted by Crippen LogP contribution is -2.27. The topological polar surface area (TPSA) is 60.3 Å². The van der Waals surface area contributed by atoms with Gasteiger partial charge in [-0.05, 0) is 54.5 Å². The highest BCUT2D eigenvalue weighted by molar-refractivity contribution is 7.99. The van der Waals surface area contributed by atoms with Crippen LogP contribution in [0.5, 0.6) is 5.75 Å². The molecule has 1 amide bonds. The Morgan fingerprint density at radius 1 is 1.31 bits per heavy atom. The van der Waals surface area contributed by atoms with E-state index in [0.29, 0.717) is 12.3 Å². The summed E-state index contributed by atoms with van der Waals surface area (Å²) >= 11 is 3.28. The average Bonchev–Trinajstić information content (AvgIpc) is 3.40. The molecule has 0 bridgehead atoms. The van der Waals surface area contributed by atoms with Crippen LogP contribution >= 0.6 is 23.1 Å². The molecule has 0 aliphatic heterocycles. The van der Waals surface area contributed by atoms with Crippen molar-refractivity contribution in [3.63, 3.8) is 0 Å². The van der Waals surface area contributed by atoms with Gasteiger partial charge in [-0.25, -0.2) is 0 Å². The summed E-state index contributed by atoms with van der Waals surface area (Å²) in [7, 11) is 5.46. The van der Waals surface area contributed by atoms with Gasteiger partial charge < -0.3 is 14.2 Å². The largest absolute Gasteiger partial charge is 0.497 e. The Morgan fingerprint density at radius 3 is 2.81 bits per heavy atom. The minimum atomic E-state index is 0.0626. The highest BCUT2D eigenvalue weighted by atomic mass is 32.2. The Morgan fingerprint density at radius 2 is 2.09 bits per heavy atom. The number of amides is 1. The normalized spacial score (nSPS) is 15.4. The van der Waals surface area contributed by atoms with E-state index < -0.39 is 0 Å². The second-order valence-electron chi connectivity index (χ2n) is 8.33. The van der Waals surface area contributed by atoms with E-state index >= 15 is 0 Å². The second kappa shape index (κ2) is 10.1. The zero-order valence-electron chi connectivity index (χ0n) is 19.1. The van der Waals surface area contributed by atoms with Crippen LogP contribution in [0.15, 0.2) is 35.5 Å². The molecular weight excluding hydrogens is 440 g/mol. The summed E-state index contributed by atoms with van der Waals surface area (Å²) in [6.07, 6.45) is 4.88. The molecule has 1 aliphatic carbocycles. The van der Waals surface area contributed by atoms with Crippen LogP contribution in [-0.2, 0) is 31.2 Å². The molecule has 0 N–H and O–H groups in total. The maximum atomic E-state index is 12.6. The van der Waals surface area contributed by atoms with Crippen molar-refractivity contribution in [1.82, 2.24) is 19.7 Å². The van der Waals surface area contributed by atoms with E-state index in [2.05, 4.69) is 23.2 Å². The van der Waals surface area contributed by atoms with Gasteiger partial charge in [0.05, 0.1) is 17.7 Å². The first-order valence-corrected chi connectivity index (χ1v) is 12.8. The summed E-state index contributed by atoms with van der Waals surface area (Å²) in [6.45, 7) is 2.85. The molecule has 2 aromatic heterocycles. The molecule has 8 heteroatoms. The number of benzene rings is 1. The number of carbonyl (C=O) groups excluding carboxylic acids is 1. The number of thioether (sulfide) groups is 1. The zero-order chi connectivity index (χ0) is 22.7. The number of fused-ring (bicyclic) bond motifs is 1. The van der Waals surface area contributed by atoms with Crippen molar-refractivity contribution in [3.05, 3.63) is 46.3 Å². The number of thiophene rings is 1. The van der Waals surface area contributed by atoms with Gasteiger partial charge in [-0.15, -0.1) is 21.5 Å². The first-order chi connectivity index (χ1) is 15.5. The highest BCUT2D eigenvalue weighted by Crippen LogP contribution is 2.38. The van der Waals surface area contributed by atoms with Gasteiger partial charge >= 0.3 is 0 Å². The number of hydrogen-bond donors (Lipinski definition) is 0. The van der Waals surface area contributed by atoms with E-state index in [-0.39, 0.29) is 5.91 Å². The number of rotatable bonds is 8. The van der Waals surface area contributed by atoms with Gasteiger partial charge in [-0.1, -0.05) is 37.2 Å². The lowest BCUT2D eigenvalue weighted by molar-refractivity contribution is -0.127. The van der Waals surface area contributed by atoms with Gasteiger partial charge in [0.15, 0.2) is 11.0 Å². The fourth-order valence-electron chi connectivity index (χ4n) is 4.04. The molecule has 0 fully saturated rings. The number of nitrogens with zero attached hydrogens (tertiary/aromatic N) is 4. The van der Waals surface area contributed by atoms with Gasteiger partial charge in [0.1, 0.15) is 5.75 Å². The lowest BCUT2D eigenvalue weighted by atomic mass is 9.87. The third kappa shape index (κ3) is 5.02. The fraction of sp³-hybridized carbons (Fsp3) is 0.458. The van der Waals surface area contributed by atoms with Gasteiger partial charge in [-0.2, -0.15) is 0 Å². The van der Waals surface area contributed by atoms with E-state index in [1.54, 1.807) is 12.0 Å². The van der Waals surface area contributed by atoms with Crippen molar-refractivity contribution in [1.29, 1.82) is 0 Å². The third-order valence-corrected chi connectivity index (χ3v) is 8.38. The Kier molecular flexibility index (Phi) is 7.20. The smallest absolute Gasteiger partial charge is 0.233 e. The Balaban J connectivity index is 1.36. The van der Waals surface area contributed by atoms with Crippen LogP contribution in [0.3, 0.4) is 0 Å². The van der Waals surface area contributed by atoms with Crippen LogP contribution < -0.4 is 4.74 Å². The van der Waals surface area contributed by atoms with E-state index in [4.69, 9.17) is 4.74 Å². The predicted molar refractivity (Wildman–Crippen MR) is 130 cm³/mol. The van der Waals surface area contributed by atoms with Crippen molar-refractivity contribution < 1.29 is 9.53 Å². The van der Waals surface area contributed by atoms with Crippen LogP contribution in [0.2, 0.25) is 0 Å². The van der Waals surface area contributed by atoms with Crippen molar-refractivity contribution in [2.24, 2.45) is 13.0 Å². The quantitative estimate of drug-likeness (QED) is 0.442. The molecule has 0 saturated carbocycles. The van der Waals surface area contributed by atoms with Gasteiger partial charge in [0.2, 0.25) is 5.91 Å². The second-order valence-corrected chi connectivity index (χ2v) is 10.4. The summed E-state index contributed by atoms with van der Waals surface area (Å²) in [4.78, 5) is 17.1. The molecule has 2 heterocycles. The summed E-state index contributed by atoms with van der Waals surface area (Å²) in [5.74, 6) is 2.90. The van der Waals surface area contributed by atoms with E-state index in [0.717, 1.165) is 28.2 Å². The van der Waals surface area contributed by atoms with Crippen LogP contribution in [0.4, 0.5) is 0 Å². The van der Waals surface area contributed by atoms with Gasteiger partial charge in [0.25, 0.3) is 0 Å². The number of methoxy groups -OCH3 is 1. The van der Waals surface area contributed by atoms with Gasteiger partial charge in [0, 0.05) is 25.5 Å². The van der Waals surface area contributed by atoms with E-state index in [9.17, 15) is 4.79 Å². The van der Waals surface area contributed by atoms with Crippen molar-refractivity contribution >= 4 is 29.0 Å². The molecule has 4 rings (SSSR count). The molecule has 0 saturated heterocycles. The minimum absolute atomic E-state index is 0.0626. The molecule has 1 aliphatic rings. The fourth-order valence-corrected chi connectivity index (χ4v) is 6.12. The number of hydrogen-bond acceptors (Lipinski definition) is 6. The molecule has 0 radical (unpaired) electrons. The van der Waals surface area contributed by atoms with Crippen molar-refractivity contribution in [2.45, 2.75) is 44.3 Å². The summed E-state index contributed by atoms with van der Waals surface area (Å²) in [5.41, 5.74) is 2.55. The standard InChI is InChI=1S/C24H30N4O2S2/c1-5-16-8-11-20-18(12-16)13-21(32-20)23-25-26-24(28(23)3)31-15-22(29)27(2)14-17-6-9-19(30-4)10-7-17/h6-7,9-10,13,16H,5,8,11-12,14-15H2,1-4H3. The molecule has 1 atom stereocenters. The highest BCUT2D eigenvalue weighted by Gasteiger charge is 2.23. The number of aryl methyl sites for hydroxylation is 1. The number of carbonyl (C=O) groups is 1. The summed E-state index contributed by atoms with van der Waals surface area (Å²) in [5, 5.41) is 9.57. The molecule has 170 valence electrons. The van der Waals surface area contributed by atoms with Gasteiger partial charge in [-0.3, -0.25) is 4.79 Å². The SMILES string of the molecule is CCC1CCc2sc(-c3nnc(SCC(=O)N(C)Cc4ccc(OC)cc4)n3C)cc2C1. The monoisotopic (exact) mass is 470 g/mol. The first kappa shape index (κ1) is 22.9. The molecule has 32 heavy (non-hydrogen) atoms. The van der Waals surface area contributed by atoms with Crippen LogP contribution in [-0.4, -0.2) is 45.5 Å². The van der Waals surface area contributed by atoms with Crippen LogP contribution in [0.25, 0.3) is 10.7 Å². The summed E-state index contributed by atoms with van der Waals surface area (Å²) < 4.78 is 7.20. The molecule has 6 nitrogen and oxygen atoms in total. The average molecular weight is 471 g/mol. The van der Waals surface area contributed by atoms with Crippen molar-refractivity contribution in [3.8, 4) is 16.5 Å². The zero-order valence-corrected chi connectivity index (χ0v) is 20.8. The Bertz CT molecular complexity index is 1070. The molecular formula is C24H30N4O2S2. The van der Waals surface area contributed by atoms with E-state index in [1.165, 1.54) is 52.8 Å². The maximum Gasteiger partial charge on any atom is 0.233 e.